The third-order valence-electron chi connectivity index (χ3n) is 13.7. The highest BCUT2D eigenvalue weighted by molar-refractivity contribution is 5.79. The van der Waals surface area contributed by atoms with E-state index in [1.54, 1.807) is 11.1 Å². The monoisotopic (exact) mass is 639 g/mol. The van der Waals surface area contributed by atoms with Crippen molar-refractivity contribution in [2.45, 2.75) is 208 Å². The lowest BCUT2D eigenvalue weighted by Gasteiger charge is -2.56. The van der Waals surface area contributed by atoms with Crippen molar-refractivity contribution in [3.63, 3.8) is 0 Å². The van der Waals surface area contributed by atoms with E-state index >= 15 is 0 Å². The second-order valence-corrected chi connectivity index (χ2v) is 17.5. The van der Waals surface area contributed by atoms with Crippen LogP contribution in [-0.4, -0.2) is 17.9 Å². The Morgan fingerprint density at radius 3 is 2.07 bits per heavy atom. The highest BCUT2D eigenvalue weighted by Crippen LogP contribution is 2.66. The molecule has 0 aromatic carbocycles. The Balaban J connectivity index is 1.32. The average molecular weight is 639 g/mol. The quantitative estimate of drug-likeness (QED) is 0.0757. The molecule has 0 amide bonds. The third-order valence-corrected chi connectivity index (χ3v) is 13.7. The van der Waals surface area contributed by atoms with Gasteiger partial charge in [0.25, 0.3) is 0 Å². The molecule has 0 saturated heterocycles. The smallest absolute Gasteiger partial charge is 0.306 e. The number of hydrogen-bond donors (Lipinski definition) is 0. The van der Waals surface area contributed by atoms with E-state index < -0.39 is 0 Å². The summed E-state index contributed by atoms with van der Waals surface area (Å²) in [5.41, 5.74) is 3.61. The Hall–Kier alpha value is -1.12. The molecule has 0 aliphatic heterocycles. The highest BCUT2D eigenvalue weighted by Gasteiger charge is 2.58. The van der Waals surface area contributed by atoms with E-state index in [9.17, 15) is 9.59 Å². The fourth-order valence-electron chi connectivity index (χ4n) is 10.9. The van der Waals surface area contributed by atoms with Gasteiger partial charge in [0.2, 0.25) is 0 Å². The number of fused-ring (bicyclic) bond motifs is 4. The van der Waals surface area contributed by atoms with Crippen LogP contribution < -0.4 is 0 Å². The van der Waals surface area contributed by atoms with Gasteiger partial charge in [-0.3, -0.25) is 9.59 Å². The van der Waals surface area contributed by atoms with Gasteiger partial charge < -0.3 is 4.74 Å². The van der Waals surface area contributed by atoms with E-state index in [0.717, 1.165) is 57.3 Å². The predicted octanol–water partition coefficient (Wildman–Crippen LogP) is 12.7. The summed E-state index contributed by atoms with van der Waals surface area (Å²) in [6.07, 6.45) is 30.0. The van der Waals surface area contributed by atoms with Crippen molar-refractivity contribution in [2.24, 2.45) is 40.4 Å². The molecule has 0 aromatic heterocycles. The number of esters is 1. The summed E-state index contributed by atoms with van der Waals surface area (Å²) in [7, 11) is 0. The van der Waals surface area contributed by atoms with Crippen molar-refractivity contribution in [3.8, 4) is 0 Å². The molecule has 0 unspecified atom stereocenters. The van der Waals surface area contributed by atoms with Crippen molar-refractivity contribution in [1.82, 2.24) is 0 Å². The minimum absolute atomic E-state index is 0.0276. The number of Topliss-reactive ketones (excluding diaryl/α,β-unsaturated/α-hetero) is 1. The van der Waals surface area contributed by atoms with Crippen LogP contribution in [0.4, 0.5) is 0 Å². The Morgan fingerprint density at radius 2 is 1.43 bits per heavy atom. The van der Waals surface area contributed by atoms with Gasteiger partial charge in [0.1, 0.15) is 11.9 Å². The molecule has 4 aliphatic rings. The Bertz CT molecular complexity index is 994. The molecule has 3 saturated carbocycles. The van der Waals surface area contributed by atoms with Crippen LogP contribution in [0.3, 0.4) is 0 Å². The van der Waals surface area contributed by atoms with Gasteiger partial charge in [0.15, 0.2) is 0 Å². The number of allylic oxidation sites excluding steroid dienone is 1. The van der Waals surface area contributed by atoms with Crippen LogP contribution in [0.1, 0.15) is 202 Å². The first-order chi connectivity index (χ1) is 22.1. The standard InChI is InChI=1S/C43H74O3/c1-7-8-9-10-11-12-13-14-15-16-17-18-19-23-40(45)46-39-31-38(33(4)22-20-21-32(2)3)43(6)29-27-37-36(41(39)43)25-24-34-30-35(44)26-28-42(34,37)5/h32-34,37-39H,7-31H2,1-6H3/t33-,34+,37+,38-,39-,42+,43-/m1/s1. The van der Waals surface area contributed by atoms with Crippen LogP contribution in [0.25, 0.3) is 0 Å². The maximum atomic E-state index is 13.4. The van der Waals surface area contributed by atoms with E-state index in [1.165, 1.54) is 103 Å². The van der Waals surface area contributed by atoms with Gasteiger partial charge in [-0.15, -0.1) is 0 Å². The van der Waals surface area contributed by atoms with Gasteiger partial charge in [-0.2, -0.15) is 0 Å². The van der Waals surface area contributed by atoms with Gasteiger partial charge in [-0.1, -0.05) is 143 Å². The van der Waals surface area contributed by atoms with Crippen LogP contribution in [0, 0.1) is 40.4 Å². The molecular weight excluding hydrogens is 564 g/mol. The minimum Gasteiger partial charge on any atom is -0.458 e. The van der Waals surface area contributed by atoms with E-state index in [2.05, 4.69) is 41.5 Å². The van der Waals surface area contributed by atoms with E-state index in [4.69, 9.17) is 4.74 Å². The number of rotatable bonds is 20. The Labute approximate surface area is 285 Å². The molecule has 0 bridgehead atoms. The Kier molecular flexibility index (Phi) is 14.8. The SMILES string of the molecule is CCCCCCCCCCCCCCCC(=O)O[C@@H]1C[C@H]([C@H](C)CCCC(C)C)[C@@]2(C)CC[C@H]3C(=C12)CC[C@H]1CC(=O)CC[C@@]13C. The average Bonchev–Trinajstić information content (AvgIpc) is 3.31. The molecule has 0 heterocycles. The van der Waals surface area contributed by atoms with Gasteiger partial charge >= 0.3 is 5.97 Å². The molecular formula is C43H74O3. The number of unbranched alkanes of at least 4 members (excludes halogenated alkanes) is 12. The lowest BCUT2D eigenvalue weighted by molar-refractivity contribution is -0.147. The zero-order valence-electron chi connectivity index (χ0n) is 31.4. The normalized spacial score (nSPS) is 31.5. The molecule has 3 heteroatoms. The van der Waals surface area contributed by atoms with E-state index in [0.29, 0.717) is 35.9 Å². The zero-order chi connectivity index (χ0) is 33.2. The topological polar surface area (TPSA) is 43.4 Å². The second kappa shape index (κ2) is 18.0. The van der Waals surface area contributed by atoms with Crippen LogP contribution in [0.2, 0.25) is 0 Å². The summed E-state index contributed by atoms with van der Waals surface area (Å²) in [6.45, 7) is 14.5. The summed E-state index contributed by atoms with van der Waals surface area (Å²) >= 11 is 0. The number of carbonyl (C=O) groups excluding carboxylic acids is 2. The van der Waals surface area contributed by atoms with Crippen molar-refractivity contribution in [1.29, 1.82) is 0 Å². The van der Waals surface area contributed by atoms with Crippen LogP contribution in [-0.2, 0) is 14.3 Å². The van der Waals surface area contributed by atoms with Crippen molar-refractivity contribution >= 4 is 11.8 Å². The number of hydrogen-bond acceptors (Lipinski definition) is 3. The molecule has 3 fully saturated rings. The fourth-order valence-corrected chi connectivity index (χ4v) is 10.9. The second-order valence-electron chi connectivity index (χ2n) is 17.5. The van der Waals surface area contributed by atoms with Gasteiger partial charge in [-0.25, -0.2) is 0 Å². The highest BCUT2D eigenvalue weighted by atomic mass is 16.5. The summed E-state index contributed by atoms with van der Waals surface area (Å²) in [5.74, 6) is 3.64. The molecule has 0 spiro atoms. The number of ether oxygens (including phenoxy) is 1. The molecule has 0 radical (unpaired) electrons. The summed E-state index contributed by atoms with van der Waals surface area (Å²) < 4.78 is 6.56. The first-order valence-corrected chi connectivity index (χ1v) is 20.5. The lowest BCUT2D eigenvalue weighted by Crippen LogP contribution is -2.48. The number of carbonyl (C=O) groups is 2. The Morgan fingerprint density at radius 1 is 0.804 bits per heavy atom. The number of ketones is 1. The van der Waals surface area contributed by atoms with Crippen LogP contribution in [0.15, 0.2) is 11.1 Å². The van der Waals surface area contributed by atoms with Gasteiger partial charge in [0.05, 0.1) is 0 Å². The molecule has 46 heavy (non-hydrogen) atoms. The summed E-state index contributed by atoms with van der Waals surface area (Å²) in [6, 6.07) is 0. The molecule has 0 N–H and O–H groups in total. The van der Waals surface area contributed by atoms with E-state index in [-0.39, 0.29) is 22.9 Å². The van der Waals surface area contributed by atoms with Crippen molar-refractivity contribution in [3.05, 3.63) is 11.1 Å². The maximum Gasteiger partial charge on any atom is 0.306 e. The molecule has 4 rings (SSSR count). The molecule has 3 nitrogen and oxygen atoms in total. The summed E-state index contributed by atoms with van der Waals surface area (Å²) in [5, 5.41) is 0. The predicted molar refractivity (Wildman–Crippen MR) is 194 cm³/mol. The zero-order valence-corrected chi connectivity index (χ0v) is 31.4. The minimum atomic E-state index is -0.0276. The van der Waals surface area contributed by atoms with Gasteiger partial charge in [0, 0.05) is 19.3 Å². The molecule has 4 aliphatic carbocycles. The van der Waals surface area contributed by atoms with Crippen molar-refractivity contribution < 1.29 is 14.3 Å². The van der Waals surface area contributed by atoms with E-state index in [1.807, 2.05) is 0 Å². The first-order valence-electron chi connectivity index (χ1n) is 20.5. The molecule has 264 valence electrons. The van der Waals surface area contributed by atoms with Crippen LogP contribution in [0.5, 0.6) is 0 Å². The summed E-state index contributed by atoms with van der Waals surface area (Å²) in [4.78, 5) is 25.8. The van der Waals surface area contributed by atoms with Gasteiger partial charge in [-0.05, 0) is 90.9 Å². The molecule has 0 aromatic rings. The van der Waals surface area contributed by atoms with Crippen LogP contribution >= 0.6 is 0 Å². The van der Waals surface area contributed by atoms with Crippen molar-refractivity contribution in [2.75, 3.05) is 0 Å². The fraction of sp³-hybridized carbons (Fsp3) is 0.907. The molecule has 7 atom stereocenters. The maximum absolute atomic E-state index is 13.4. The first kappa shape index (κ1) is 37.7. The largest absolute Gasteiger partial charge is 0.458 e. The third kappa shape index (κ3) is 9.52. The lowest BCUT2D eigenvalue weighted by atomic mass is 9.49.